The lowest BCUT2D eigenvalue weighted by molar-refractivity contribution is 0.0917. The largest absolute Gasteiger partial charge is 0.376 e. The second kappa shape index (κ2) is 7.96. The number of hydrogen-bond acceptors (Lipinski definition) is 5. The van der Waals surface area contributed by atoms with E-state index in [1.807, 2.05) is 18.4 Å². The van der Waals surface area contributed by atoms with Gasteiger partial charge in [-0.25, -0.2) is 9.37 Å². The first-order valence-electron chi connectivity index (χ1n) is 8.77. The van der Waals surface area contributed by atoms with Crippen molar-refractivity contribution >= 4 is 44.4 Å². The summed E-state index contributed by atoms with van der Waals surface area (Å²) in [5, 5.41) is 0.619. The van der Waals surface area contributed by atoms with Crippen molar-refractivity contribution < 1.29 is 13.9 Å². The molecule has 1 aliphatic heterocycles. The summed E-state index contributed by atoms with van der Waals surface area (Å²) in [6.45, 7) is 1.13. The number of thioether (sulfide) groups is 1. The molecule has 2 aromatic carbocycles. The summed E-state index contributed by atoms with van der Waals surface area (Å²) in [4.78, 5) is 20.6. The minimum Gasteiger partial charge on any atom is -0.376 e. The highest BCUT2D eigenvalue weighted by Crippen LogP contribution is 2.33. The fourth-order valence-electron chi connectivity index (χ4n) is 3.15. The van der Waals surface area contributed by atoms with Gasteiger partial charge in [0.1, 0.15) is 5.82 Å². The fraction of sp³-hybridized carbons (Fsp3) is 0.300. The van der Waals surface area contributed by atoms with Crippen molar-refractivity contribution in [2.75, 3.05) is 24.3 Å². The van der Waals surface area contributed by atoms with E-state index in [2.05, 4.69) is 11.1 Å². The number of ether oxygens (including phenoxy) is 1. The average molecular weight is 403 g/mol. The van der Waals surface area contributed by atoms with Gasteiger partial charge in [-0.2, -0.15) is 0 Å². The predicted molar refractivity (Wildman–Crippen MR) is 108 cm³/mol. The Morgan fingerprint density at radius 1 is 1.37 bits per heavy atom. The molecule has 27 heavy (non-hydrogen) atoms. The molecule has 4 nitrogen and oxygen atoms in total. The second-order valence-corrected chi connectivity index (χ2v) is 8.28. The van der Waals surface area contributed by atoms with Gasteiger partial charge in [-0.1, -0.05) is 17.4 Å². The van der Waals surface area contributed by atoms with Gasteiger partial charge in [0.05, 0.1) is 22.9 Å². The predicted octanol–water partition coefficient (Wildman–Crippen LogP) is 4.98. The molecule has 1 fully saturated rings. The van der Waals surface area contributed by atoms with Crippen molar-refractivity contribution in [3.05, 3.63) is 53.8 Å². The Hall–Kier alpha value is -1.96. The van der Waals surface area contributed by atoms with Gasteiger partial charge in [-0.15, -0.1) is 11.8 Å². The average Bonchev–Trinajstić information content (AvgIpc) is 3.34. The summed E-state index contributed by atoms with van der Waals surface area (Å²) in [5.41, 5.74) is 1.18. The number of amides is 1. The Balaban J connectivity index is 1.71. The smallest absolute Gasteiger partial charge is 0.260 e. The van der Waals surface area contributed by atoms with E-state index in [9.17, 15) is 9.18 Å². The minimum absolute atomic E-state index is 0.0173. The molecule has 7 heteroatoms. The molecule has 0 radical (unpaired) electrons. The van der Waals surface area contributed by atoms with Crippen LogP contribution in [0.5, 0.6) is 0 Å². The zero-order valence-corrected chi connectivity index (χ0v) is 16.5. The Labute approximate surface area is 165 Å². The van der Waals surface area contributed by atoms with Crippen LogP contribution < -0.4 is 4.90 Å². The van der Waals surface area contributed by atoms with Crippen molar-refractivity contribution in [1.82, 2.24) is 4.98 Å². The van der Waals surface area contributed by atoms with E-state index in [-0.39, 0.29) is 12.0 Å². The Morgan fingerprint density at radius 2 is 2.26 bits per heavy atom. The lowest BCUT2D eigenvalue weighted by Gasteiger charge is -2.23. The van der Waals surface area contributed by atoms with Gasteiger partial charge in [0.2, 0.25) is 0 Å². The highest BCUT2D eigenvalue weighted by Gasteiger charge is 2.27. The van der Waals surface area contributed by atoms with Crippen molar-refractivity contribution in [1.29, 1.82) is 0 Å². The number of hydrogen-bond donors (Lipinski definition) is 0. The molecular weight excluding hydrogens is 383 g/mol. The molecule has 1 aromatic heterocycles. The van der Waals surface area contributed by atoms with E-state index in [1.54, 1.807) is 28.8 Å². The first kappa shape index (κ1) is 18.4. The number of rotatable bonds is 5. The molecule has 0 spiro atoms. The van der Waals surface area contributed by atoms with Crippen LogP contribution in [0.3, 0.4) is 0 Å². The van der Waals surface area contributed by atoms with E-state index >= 15 is 0 Å². The topological polar surface area (TPSA) is 42.4 Å². The maximum atomic E-state index is 13.6. The summed E-state index contributed by atoms with van der Waals surface area (Å²) in [5.74, 6) is -0.680. The van der Waals surface area contributed by atoms with Crippen molar-refractivity contribution in [2.45, 2.75) is 23.8 Å². The molecule has 3 aromatic rings. The number of anilines is 1. The summed E-state index contributed by atoms with van der Waals surface area (Å²) < 4.78 is 20.4. The van der Waals surface area contributed by atoms with Crippen LogP contribution in [0.2, 0.25) is 0 Å². The van der Waals surface area contributed by atoms with E-state index in [0.717, 1.165) is 28.0 Å². The Morgan fingerprint density at radius 3 is 3.00 bits per heavy atom. The maximum absolute atomic E-state index is 13.6. The van der Waals surface area contributed by atoms with Crippen LogP contribution in [0.4, 0.5) is 9.52 Å². The van der Waals surface area contributed by atoms with Gasteiger partial charge < -0.3 is 4.74 Å². The number of halogens is 1. The van der Waals surface area contributed by atoms with Crippen LogP contribution in [0.15, 0.2) is 47.4 Å². The summed E-state index contributed by atoms with van der Waals surface area (Å²) in [7, 11) is 0. The van der Waals surface area contributed by atoms with E-state index in [4.69, 9.17) is 4.74 Å². The molecule has 140 valence electrons. The number of carbonyl (C=O) groups excluding carboxylic acids is 1. The highest BCUT2D eigenvalue weighted by molar-refractivity contribution is 7.98. The first-order valence-corrected chi connectivity index (χ1v) is 10.8. The third-order valence-electron chi connectivity index (χ3n) is 4.54. The van der Waals surface area contributed by atoms with Crippen LogP contribution in [0.1, 0.15) is 23.2 Å². The monoisotopic (exact) mass is 402 g/mol. The standard InChI is InChI=1S/C20H19FN2O2S2/c1-26-16-7-8-17-18(11-16)27-20(22-17)23(12-15-6-3-9-25-15)19(24)13-4-2-5-14(21)10-13/h2,4-5,7-8,10-11,15H,3,6,9,12H2,1H3/t15-/m0/s1. The number of benzene rings is 2. The highest BCUT2D eigenvalue weighted by atomic mass is 32.2. The van der Waals surface area contributed by atoms with Crippen LogP contribution in [-0.2, 0) is 4.74 Å². The molecule has 1 amide bonds. The maximum Gasteiger partial charge on any atom is 0.260 e. The zero-order valence-electron chi connectivity index (χ0n) is 14.9. The van der Waals surface area contributed by atoms with Crippen LogP contribution in [0.25, 0.3) is 10.2 Å². The molecule has 2 heterocycles. The molecule has 0 bridgehead atoms. The summed E-state index contributed by atoms with van der Waals surface area (Å²) in [6, 6.07) is 11.9. The van der Waals surface area contributed by atoms with E-state index in [0.29, 0.717) is 23.8 Å². The molecule has 1 aliphatic rings. The summed E-state index contributed by atoms with van der Waals surface area (Å²) >= 11 is 3.15. The second-order valence-electron chi connectivity index (χ2n) is 6.39. The lowest BCUT2D eigenvalue weighted by atomic mass is 10.1. The lowest BCUT2D eigenvalue weighted by Crippen LogP contribution is -2.37. The minimum atomic E-state index is -0.424. The van der Waals surface area contributed by atoms with Gasteiger partial charge in [0.25, 0.3) is 5.91 Å². The van der Waals surface area contributed by atoms with Crippen LogP contribution in [0, 0.1) is 5.82 Å². The molecule has 0 aliphatic carbocycles. The molecule has 0 N–H and O–H groups in total. The molecule has 1 saturated heterocycles. The Bertz CT molecular complexity index is 970. The number of aromatic nitrogens is 1. The first-order chi connectivity index (χ1) is 13.1. The molecular formula is C20H19FN2O2S2. The third kappa shape index (κ3) is 4.00. The SMILES string of the molecule is CSc1ccc2nc(N(C[C@@H]3CCCO3)C(=O)c3cccc(F)c3)sc2c1. The van der Waals surface area contributed by atoms with Crippen molar-refractivity contribution in [3.8, 4) is 0 Å². The number of nitrogens with zero attached hydrogens (tertiary/aromatic N) is 2. The van der Waals surface area contributed by atoms with E-state index in [1.165, 1.54) is 23.5 Å². The van der Waals surface area contributed by atoms with Gasteiger partial charge in [0.15, 0.2) is 5.13 Å². The number of fused-ring (bicyclic) bond motifs is 1. The molecule has 0 saturated carbocycles. The molecule has 4 rings (SSSR count). The zero-order chi connectivity index (χ0) is 18.8. The number of thiazole rings is 1. The van der Waals surface area contributed by atoms with Gasteiger partial charge >= 0.3 is 0 Å². The molecule has 1 atom stereocenters. The van der Waals surface area contributed by atoms with Crippen molar-refractivity contribution in [2.24, 2.45) is 0 Å². The van der Waals surface area contributed by atoms with Crippen LogP contribution >= 0.6 is 23.1 Å². The number of carbonyl (C=O) groups is 1. The van der Waals surface area contributed by atoms with Gasteiger partial charge in [-0.3, -0.25) is 9.69 Å². The van der Waals surface area contributed by atoms with Gasteiger partial charge in [-0.05, 0) is 55.5 Å². The van der Waals surface area contributed by atoms with E-state index < -0.39 is 5.82 Å². The summed E-state index contributed by atoms with van der Waals surface area (Å²) in [6.07, 6.45) is 3.91. The quantitative estimate of drug-likeness (QED) is 0.564. The third-order valence-corrected chi connectivity index (χ3v) is 6.31. The molecule has 0 unspecified atom stereocenters. The van der Waals surface area contributed by atoms with Crippen molar-refractivity contribution in [3.63, 3.8) is 0 Å². The Kier molecular flexibility index (Phi) is 5.43. The fourth-order valence-corrected chi connectivity index (χ4v) is 4.68. The van der Waals surface area contributed by atoms with Crippen LogP contribution in [-0.4, -0.2) is 36.4 Å². The normalized spacial score (nSPS) is 16.7. The van der Waals surface area contributed by atoms with Gasteiger partial charge in [0, 0.05) is 17.1 Å².